The molecule has 0 amide bonds. The highest BCUT2D eigenvalue weighted by Crippen LogP contribution is 2.31. The number of benzene rings is 1. The summed E-state index contributed by atoms with van der Waals surface area (Å²) in [4.78, 5) is 4.08. The van der Waals surface area contributed by atoms with Crippen LogP contribution in [-0.4, -0.2) is 61.0 Å². The first kappa shape index (κ1) is 21.0. The van der Waals surface area contributed by atoms with E-state index in [0.29, 0.717) is 38.4 Å². The fourth-order valence-corrected chi connectivity index (χ4v) is 2.84. The highest BCUT2D eigenvalue weighted by molar-refractivity contribution is 5.49. The van der Waals surface area contributed by atoms with Crippen molar-refractivity contribution in [3.05, 3.63) is 29.8 Å². The molecule has 4 nitrogen and oxygen atoms in total. The van der Waals surface area contributed by atoms with E-state index in [9.17, 15) is 18.3 Å². The van der Waals surface area contributed by atoms with Crippen molar-refractivity contribution in [3.8, 4) is 0 Å². The Labute approximate surface area is 153 Å². The highest BCUT2D eigenvalue weighted by Gasteiger charge is 2.31. The monoisotopic (exact) mass is 374 g/mol. The maximum Gasteiger partial charge on any atom is 0.416 e. The van der Waals surface area contributed by atoms with Crippen LogP contribution in [-0.2, 0) is 10.9 Å². The Morgan fingerprint density at radius 3 is 2.38 bits per heavy atom. The minimum atomic E-state index is -4.33. The lowest BCUT2D eigenvalue weighted by atomic mass is 10.1. The van der Waals surface area contributed by atoms with Crippen LogP contribution >= 0.6 is 0 Å². The van der Waals surface area contributed by atoms with Crippen molar-refractivity contribution in [2.45, 2.75) is 45.1 Å². The zero-order valence-electron chi connectivity index (χ0n) is 15.7. The number of alkyl halides is 3. The first-order valence-electron chi connectivity index (χ1n) is 9.07. The van der Waals surface area contributed by atoms with Crippen molar-refractivity contribution in [2.24, 2.45) is 0 Å². The number of rotatable bonds is 7. The first-order chi connectivity index (χ1) is 12.1. The molecule has 1 atom stereocenters. The van der Waals surface area contributed by atoms with Gasteiger partial charge in [-0.15, -0.1) is 0 Å². The van der Waals surface area contributed by atoms with Crippen LogP contribution in [0.25, 0.3) is 0 Å². The number of halogens is 3. The summed E-state index contributed by atoms with van der Waals surface area (Å²) in [5.74, 6) is 0. The molecule has 148 valence electrons. The molecule has 1 heterocycles. The van der Waals surface area contributed by atoms with Gasteiger partial charge in [0.2, 0.25) is 0 Å². The molecule has 0 aliphatic carbocycles. The summed E-state index contributed by atoms with van der Waals surface area (Å²) < 4.78 is 44.3. The lowest BCUT2D eigenvalue weighted by Crippen LogP contribution is -2.49. The molecule has 1 aromatic carbocycles. The zero-order chi connectivity index (χ0) is 19.4. The van der Waals surface area contributed by atoms with E-state index in [4.69, 9.17) is 4.74 Å². The smallest absolute Gasteiger partial charge is 0.389 e. The highest BCUT2D eigenvalue weighted by atomic mass is 19.4. The number of anilines is 1. The Kier molecular flexibility index (Phi) is 6.93. The average molecular weight is 374 g/mol. The van der Waals surface area contributed by atoms with Crippen LogP contribution in [0.4, 0.5) is 18.9 Å². The van der Waals surface area contributed by atoms with Crippen molar-refractivity contribution in [3.63, 3.8) is 0 Å². The number of ether oxygens (including phenoxy) is 1. The van der Waals surface area contributed by atoms with E-state index in [1.165, 1.54) is 12.1 Å². The molecule has 0 spiro atoms. The molecule has 1 N–H and O–H groups in total. The van der Waals surface area contributed by atoms with Gasteiger partial charge in [0.25, 0.3) is 0 Å². The number of piperazine rings is 1. The van der Waals surface area contributed by atoms with Gasteiger partial charge in [0.1, 0.15) is 0 Å². The van der Waals surface area contributed by atoms with Gasteiger partial charge in [0.05, 0.1) is 23.9 Å². The van der Waals surface area contributed by atoms with Gasteiger partial charge in [-0.1, -0.05) is 13.0 Å². The number of hydrogen-bond donors (Lipinski definition) is 1. The van der Waals surface area contributed by atoms with E-state index in [-0.39, 0.29) is 12.2 Å². The minimum Gasteiger partial charge on any atom is -0.389 e. The summed E-state index contributed by atoms with van der Waals surface area (Å²) in [5.41, 5.74) is -0.278. The first-order valence-corrected chi connectivity index (χ1v) is 9.07. The van der Waals surface area contributed by atoms with Gasteiger partial charge in [0.15, 0.2) is 0 Å². The summed E-state index contributed by atoms with van der Waals surface area (Å²) in [7, 11) is 0. The van der Waals surface area contributed by atoms with Crippen LogP contribution in [0.3, 0.4) is 0 Å². The standard InChI is InChI=1S/C19H29F3N2O2/c1-4-18(2,3)26-14-17(25)13-23-8-10-24(11-9-23)16-7-5-6-15(12-16)19(20,21)22/h5-7,12,17,25H,4,8-11,13-14H2,1-3H3. The van der Waals surface area contributed by atoms with E-state index in [1.807, 2.05) is 25.7 Å². The fourth-order valence-electron chi connectivity index (χ4n) is 2.84. The molecule has 1 aliphatic rings. The van der Waals surface area contributed by atoms with E-state index < -0.39 is 17.8 Å². The molecule has 2 rings (SSSR count). The lowest BCUT2D eigenvalue weighted by Gasteiger charge is -2.37. The summed E-state index contributed by atoms with van der Waals surface area (Å²) >= 11 is 0. The van der Waals surface area contributed by atoms with Crippen LogP contribution in [0.1, 0.15) is 32.8 Å². The van der Waals surface area contributed by atoms with Crippen LogP contribution in [0, 0.1) is 0 Å². The Hall–Kier alpha value is -1.31. The molecule has 0 radical (unpaired) electrons. The molecule has 1 aromatic rings. The van der Waals surface area contributed by atoms with E-state index >= 15 is 0 Å². The van der Waals surface area contributed by atoms with Gasteiger partial charge in [-0.3, -0.25) is 4.90 Å². The van der Waals surface area contributed by atoms with E-state index in [0.717, 1.165) is 12.5 Å². The SMILES string of the molecule is CCC(C)(C)OCC(O)CN1CCN(c2cccc(C(F)(F)F)c2)CC1. The Morgan fingerprint density at radius 1 is 1.15 bits per heavy atom. The molecule has 0 bridgehead atoms. The third-order valence-electron chi connectivity index (χ3n) is 4.90. The predicted molar refractivity (Wildman–Crippen MR) is 96.4 cm³/mol. The van der Waals surface area contributed by atoms with Crippen molar-refractivity contribution in [2.75, 3.05) is 44.2 Å². The number of aliphatic hydroxyl groups excluding tert-OH is 1. The van der Waals surface area contributed by atoms with Gasteiger partial charge >= 0.3 is 6.18 Å². The van der Waals surface area contributed by atoms with E-state index in [2.05, 4.69) is 4.90 Å². The molecule has 1 unspecified atom stereocenters. The minimum absolute atomic E-state index is 0.247. The van der Waals surface area contributed by atoms with Crippen molar-refractivity contribution < 1.29 is 23.0 Å². The predicted octanol–water partition coefficient (Wildman–Crippen LogP) is 3.39. The van der Waals surface area contributed by atoms with Crippen LogP contribution in [0.15, 0.2) is 24.3 Å². The van der Waals surface area contributed by atoms with Crippen LogP contribution < -0.4 is 4.90 Å². The van der Waals surface area contributed by atoms with Gasteiger partial charge in [0, 0.05) is 38.4 Å². The second kappa shape index (κ2) is 8.59. The Morgan fingerprint density at radius 2 is 1.81 bits per heavy atom. The molecule has 0 saturated carbocycles. The summed E-state index contributed by atoms with van der Waals surface area (Å²) in [5, 5.41) is 10.2. The van der Waals surface area contributed by atoms with Gasteiger partial charge in [-0.05, 0) is 38.5 Å². The fraction of sp³-hybridized carbons (Fsp3) is 0.684. The molecule has 1 aliphatic heterocycles. The number of nitrogens with zero attached hydrogens (tertiary/aromatic N) is 2. The molecule has 0 aromatic heterocycles. The van der Waals surface area contributed by atoms with Crippen LogP contribution in [0.5, 0.6) is 0 Å². The van der Waals surface area contributed by atoms with Crippen LogP contribution in [0.2, 0.25) is 0 Å². The molecule has 1 fully saturated rings. The van der Waals surface area contributed by atoms with Crippen molar-refractivity contribution in [1.29, 1.82) is 0 Å². The quantitative estimate of drug-likeness (QED) is 0.794. The molecule has 7 heteroatoms. The Balaban J connectivity index is 1.82. The molecular weight excluding hydrogens is 345 g/mol. The second-order valence-corrected chi connectivity index (χ2v) is 7.41. The summed E-state index contributed by atoms with van der Waals surface area (Å²) in [6.45, 7) is 9.49. The lowest BCUT2D eigenvalue weighted by molar-refractivity contribution is -0.137. The van der Waals surface area contributed by atoms with Crippen molar-refractivity contribution >= 4 is 5.69 Å². The summed E-state index contributed by atoms with van der Waals surface area (Å²) in [6, 6.07) is 5.45. The number of β-amino-alcohol motifs (C(OH)–C–C–N with tert-alkyl or cyclic N) is 1. The van der Waals surface area contributed by atoms with E-state index in [1.54, 1.807) is 6.07 Å². The average Bonchev–Trinajstić information content (AvgIpc) is 2.60. The normalized spacial score (nSPS) is 18.2. The maximum absolute atomic E-state index is 12.9. The Bertz CT molecular complexity index is 570. The third-order valence-corrected chi connectivity index (χ3v) is 4.90. The number of hydrogen-bond acceptors (Lipinski definition) is 4. The van der Waals surface area contributed by atoms with Gasteiger partial charge in [-0.25, -0.2) is 0 Å². The largest absolute Gasteiger partial charge is 0.416 e. The maximum atomic E-state index is 12.9. The zero-order valence-corrected chi connectivity index (χ0v) is 15.7. The molecular formula is C19H29F3N2O2. The number of aliphatic hydroxyl groups is 1. The topological polar surface area (TPSA) is 35.9 Å². The summed E-state index contributed by atoms with van der Waals surface area (Å²) in [6.07, 6.45) is -4.02. The van der Waals surface area contributed by atoms with Crippen molar-refractivity contribution in [1.82, 2.24) is 4.90 Å². The molecule has 1 saturated heterocycles. The molecule has 26 heavy (non-hydrogen) atoms. The third kappa shape index (κ3) is 6.14. The van der Waals surface area contributed by atoms with Gasteiger partial charge < -0.3 is 14.7 Å². The second-order valence-electron chi connectivity index (χ2n) is 7.41. The van der Waals surface area contributed by atoms with Gasteiger partial charge in [-0.2, -0.15) is 13.2 Å².